The van der Waals surface area contributed by atoms with Crippen LogP contribution in [0.15, 0.2) is 46.0 Å². The third kappa shape index (κ3) is 5.87. The average molecular weight is 517 g/mol. The Morgan fingerprint density at radius 1 is 1.09 bits per heavy atom. The number of thiophene rings is 1. The van der Waals surface area contributed by atoms with Crippen LogP contribution in [0.4, 0.5) is 5.69 Å². The van der Waals surface area contributed by atoms with Crippen LogP contribution in [-0.2, 0) is 20.2 Å². The Morgan fingerprint density at radius 3 is 2.30 bits per heavy atom. The molecule has 0 amide bonds. The Hall–Kier alpha value is -1.70. The number of benzene rings is 1. The summed E-state index contributed by atoms with van der Waals surface area (Å²) >= 11 is 1.17. The van der Waals surface area contributed by atoms with Crippen LogP contribution in [-0.4, -0.2) is 87.7 Å². The van der Waals surface area contributed by atoms with Crippen LogP contribution >= 0.6 is 11.3 Å². The van der Waals surface area contributed by atoms with Crippen LogP contribution in [0.2, 0.25) is 0 Å². The molecule has 0 aliphatic carbocycles. The van der Waals surface area contributed by atoms with Crippen LogP contribution in [0.1, 0.15) is 13.8 Å². The van der Waals surface area contributed by atoms with Gasteiger partial charge in [0, 0.05) is 52.5 Å². The second-order valence-corrected chi connectivity index (χ2v) is 13.9. The van der Waals surface area contributed by atoms with Gasteiger partial charge in [-0.25, -0.2) is 8.42 Å². The van der Waals surface area contributed by atoms with Crippen LogP contribution in [0.5, 0.6) is 5.75 Å². The summed E-state index contributed by atoms with van der Waals surface area (Å²) in [6.45, 7) is 5.18. The lowest BCUT2D eigenvalue weighted by Gasteiger charge is -2.44. The van der Waals surface area contributed by atoms with E-state index in [1.807, 2.05) is 18.7 Å². The average Bonchev–Trinajstić information content (AvgIpc) is 3.29. The lowest BCUT2D eigenvalue weighted by atomic mass is 10.1. The zero-order chi connectivity index (χ0) is 24.4. The van der Waals surface area contributed by atoms with E-state index in [2.05, 4.69) is 0 Å². The molecule has 33 heavy (non-hydrogen) atoms. The summed E-state index contributed by atoms with van der Waals surface area (Å²) in [4.78, 5) is 2.03. The SMILES string of the molecule is CC(C)CN(C[C@H]1CN(S(=O)(=O)c2cccs2)CCN1c1ccc(O)cc1)S(=O)(=O)N(C)C. The molecule has 1 aromatic heterocycles. The predicted octanol–water partition coefficient (Wildman–Crippen LogP) is 2.10. The number of phenols is 1. The molecule has 1 aromatic carbocycles. The van der Waals surface area contributed by atoms with Crippen molar-refractivity contribution in [3.8, 4) is 5.75 Å². The number of phenolic OH excluding ortho intramolecular Hbond substituents is 1. The van der Waals surface area contributed by atoms with E-state index in [1.54, 1.807) is 41.8 Å². The maximum absolute atomic E-state index is 13.2. The van der Waals surface area contributed by atoms with E-state index in [-0.39, 0.29) is 35.5 Å². The fourth-order valence-corrected chi connectivity index (χ4v) is 7.78. The number of hydrogen-bond donors (Lipinski definition) is 1. The van der Waals surface area contributed by atoms with Gasteiger partial charge in [0.2, 0.25) is 0 Å². The predicted molar refractivity (Wildman–Crippen MR) is 131 cm³/mol. The molecule has 2 aromatic rings. The van der Waals surface area contributed by atoms with Crippen LogP contribution < -0.4 is 4.90 Å². The molecule has 12 heteroatoms. The molecular formula is C21H32N4O5S3. The highest BCUT2D eigenvalue weighted by atomic mass is 32.2. The lowest BCUT2D eigenvalue weighted by molar-refractivity contribution is 0.270. The first-order chi connectivity index (χ1) is 15.4. The molecule has 0 radical (unpaired) electrons. The molecule has 0 unspecified atom stereocenters. The van der Waals surface area contributed by atoms with Crippen molar-refractivity contribution in [2.24, 2.45) is 5.92 Å². The monoisotopic (exact) mass is 516 g/mol. The minimum absolute atomic E-state index is 0.0939. The summed E-state index contributed by atoms with van der Waals surface area (Å²) in [6.07, 6.45) is 0. The van der Waals surface area contributed by atoms with E-state index in [0.29, 0.717) is 13.1 Å². The van der Waals surface area contributed by atoms with E-state index in [4.69, 9.17) is 0 Å². The summed E-state index contributed by atoms with van der Waals surface area (Å²) in [5.41, 5.74) is 0.803. The number of aromatic hydroxyl groups is 1. The third-order valence-corrected chi connectivity index (χ3v) is 10.6. The number of hydrogen-bond acceptors (Lipinski definition) is 7. The first-order valence-electron chi connectivity index (χ1n) is 10.7. The molecule has 2 heterocycles. The molecule has 1 aliphatic rings. The highest BCUT2D eigenvalue weighted by molar-refractivity contribution is 7.91. The molecule has 0 saturated carbocycles. The van der Waals surface area contributed by atoms with Crippen molar-refractivity contribution in [3.63, 3.8) is 0 Å². The number of anilines is 1. The quantitative estimate of drug-likeness (QED) is 0.548. The Balaban J connectivity index is 1.96. The van der Waals surface area contributed by atoms with E-state index in [9.17, 15) is 21.9 Å². The Labute approximate surface area is 201 Å². The van der Waals surface area contributed by atoms with Gasteiger partial charge in [0.25, 0.3) is 20.2 Å². The number of sulfonamides is 1. The molecule has 0 bridgehead atoms. The van der Waals surface area contributed by atoms with Gasteiger partial charge in [-0.3, -0.25) is 0 Å². The Morgan fingerprint density at radius 2 is 1.76 bits per heavy atom. The lowest BCUT2D eigenvalue weighted by Crippen LogP contribution is -2.59. The minimum atomic E-state index is -3.71. The summed E-state index contributed by atoms with van der Waals surface area (Å²) in [5.74, 6) is 0.224. The van der Waals surface area contributed by atoms with E-state index < -0.39 is 26.3 Å². The Bertz CT molecular complexity index is 1120. The zero-order valence-corrected chi connectivity index (χ0v) is 21.8. The van der Waals surface area contributed by atoms with Crippen LogP contribution in [0, 0.1) is 5.92 Å². The molecular weight excluding hydrogens is 484 g/mol. The minimum Gasteiger partial charge on any atom is -0.508 e. The van der Waals surface area contributed by atoms with E-state index in [1.165, 1.54) is 38.3 Å². The fourth-order valence-electron chi connectivity index (χ4n) is 3.86. The largest absolute Gasteiger partial charge is 0.508 e. The highest BCUT2D eigenvalue weighted by Crippen LogP contribution is 2.28. The topological polar surface area (TPSA) is 101 Å². The summed E-state index contributed by atoms with van der Waals surface area (Å²) in [5, 5.41) is 11.4. The van der Waals surface area contributed by atoms with Crippen molar-refractivity contribution in [1.29, 1.82) is 0 Å². The van der Waals surface area contributed by atoms with Crippen molar-refractivity contribution in [3.05, 3.63) is 41.8 Å². The molecule has 1 aliphatic heterocycles. The van der Waals surface area contributed by atoms with E-state index in [0.717, 1.165) is 5.69 Å². The van der Waals surface area contributed by atoms with Crippen molar-refractivity contribution >= 4 is 37.3 Å². The number of nitrogens with zero attached hydrogens (tertiary/aromatic N) is 4. The molecule has 184 valence electrons. The fraction of sp³-hybridized carbons (Fsp3) is 0.524. The molecule has 1 saturated heterocycles. The molecule has 3 rings (SSSR count). The summed E-state index contributed by atoms with van der Waals surface area (Å²) < 4.78 is 56.8. The smallest absolute Gasteiger partial charge is 0.281 e. The van der Waals surface area contributed by atoms with Crippen molar-refractivity contribution in [1.82, 2.24) is 12.9 Å². The first kappa shape index (κ1) is 25.9. The second-order valence-electron chi connectivity index (χ2n) is 8.66. The van der Waals surface area contributed by atoms with Gasteiger partial charge in [0.1, 0.15) is 9.96 Å². The zero-order valence-electron chi connectivity index (χ0n) is 19.3. The van der Waals surface area contributed by atoms with Crippen molar-refractivity contribution in [2.75, 3.05) is 51.7 Å². The highest BCUT2D eigenvalue weighted by Gasteiger charge is 2.38. The van der Waals surface area contributed by atoms with Crippen LogP contribution in [0.25, 0.3) is 0 Å². The van der Waals surface area contributed by atoms with Gasteiger partial charge in [-0.05, 0) is 41.6 Å². The van der Waals surface area contributed by atoms with Gasteiger partial charge in [-0.15, -0.1) is 11.3 Å². The molecule has 1 atom stereocenters. The van der Waals surface area contributed by atoms with Gasteiger partial charge in [0.05, 0.1) is 6.04 Å². The van der Waals surface area contributed by atoms with Gasteiger partial charge in [-0.2, -0.15) is 21.3 Å². The first-order valence-corrected chi connectivity index (χ1v) is 14.4. The van der Waals surface area contributed by atoms with E-state index >= 15 is 0 Å². The number of rotatable bonds is 9. The molecule has 0 spiro atoms. The maximum atomic E-state index is 13.2. The van der Waals surface area contributed by atoms with Gasteiger partial charge in [0.15, 0.2) is 0 Å². The maximum Gasteiger partial charge on any atom is 0.281 e. The summed E-state index contributed by atoms with van der Waals surface area (Å²) in [6, 6.07) is 9.55. The van der Waals surface area contributed by atoms with Crippen molar-refractivity contribution < 1.29 is 21.9 Å². The van der Waals surface area contributed by atoms with Gasteiger partial charge < -0.3 is 10.0 Å². The summed E-state index contributed by atoms with van der Waals surface area (Å²) in [7, 11) is -4.39. The molecule has 1 N–H and O–H groups in total. The molecule has 1 fully saturated rings. The Kier molecular flexibility index (Phi) is 8.07. The van der Waals surface area contributed by atoms with Crippen molar-refractivity contribution in [2.45, 2.75) is 24.1 Å². The number of piperazine rings is 1. The normalized spacial score (nSPS) is 18.5. The molecule has 9 nitrogen and oxygen atoms in total. The second kappa shape index (κ2) is 10.3. The van der Waals surface area contributed by atoms with Gasteiger partial charge in [-0.1, -0.05) is 19.9 Å². The standard InChI is InChI=1S/C21H32N4O5S3/c1-17(2)14-24(33(29,30)22(3)4)16-19-15-23(32(27,28)21-6-5-13-31-21)11-12-25(19)18-7-9-20(26)10-8-18/h5-10,13,17,19,26H,11-12,14-16H2,1-4H3/t19-/m1/s1. The van der Waals surface area contributed by atoms with Crippen LogP contribution in [0.3, 0.4) is 0 Å². The third-order valence-electron chi connectivity index (χ3n) is 5.49. The van der Waals surface area contributed by atoms with Gasteiger partial charge >= 0.3 is 0 Å².